The van der Waals surface area contributed by atoms with E-state index in [2.05, 4.69) is 27.5 Å². The normalized spacial score (nSPS) is 11.3. The number of rotatable bonds is 1. The van der Waals surface area contributed by atoms with E-state index in [0.717, 1.165) is 22.5 Å². The van der Waals surface area contributed by atoms with Crippen LogP contribution in [0.2, 0.25) is 0 Å². The molecule has 0 atom stereocenters. The number of nitrogens with zero attached hydrogens (tertiary/aromatic N) is 3. The Hall–Kier alpha value is -2.20. The van der Waals surface area contributed by atoms with Gasteiger partial charge in [0.05, 0.1) is 21.6 Å². The number of fused-ring (bicyclic) bond motifs is 3. The maximum absolute atomic E-state index is 4.62. The van der Waals surface area contributed by atoms with Gasteiger partial charge in [-0.3, -0.25) is 4.40 Å². The topological polar surface area (TPSA) is 30.2 Å². The third kappa shape index (κ3) is 1.36. The molecule has 4 rings (SSSR count). The molecule has 0 saturated heterocycles. The molecule has 0 radical (unpaired) electrons. The van der Waals surface area contributed by atoms with Crippen molar-refractivity contribution in [3.05, 3.63) is 54.0 Å². The maximum Gasteiger partial charge on any atom is 0.235 e. The van der Waals surface area contributed by atoms with E-state index in [0.29, 0.717) is 0 Å². The Morgan fingerprint density at radius 1 is 0.944 bits per heavy atom. The van der Waals surface area contributed by atoms with Crippen LogP contribution in [0.25, 0.3) is 27.4 Å². The largest absolute Gasteiger partial charge is 0.284 e. The number of imidazole rings is 1. The average Bonchev–Trinajstić information content (AvgIpc) is 3.05. The van der Waals surface area contributed by atoms with Gasteiger partial charge in [-0.15, -0.1) is 11.3 Å². The van der Waals surface area contributed by atoms with E-state index in [1.807, 2.05) is 40.9 Å². The van der Waals surface area contributed by atoms with Gasteiger partial charge in [0.15, 0.2) is 0 Å². The molecule has 3 nitrogen and oxygen atoms in total. The summed E-state index contributed by atoms with van der Waals surface area (Å²) in [4.78, 5) is 10.3. The van der Waals surface area contributed by atoms with Crippen molar-refractivity contribution in [3.63, 3.8) is 0 Å². The summed E-state index contributed by atoms with van der Waals surface area (Å²) in [5.74, 6) is 0.752. The van der Waals surface area contributed by atoms with Crippen molar-refractivity contribution in [2.24, 2.45) is 0 Å². The molecule has 0 N–H and O–H groups in total. The second-order valence-corrected chi connectivity index (χ2v) is 5.01. The molecule has 0 aliphatic carbocycles. The van der Waals surface area contributed by atoms with Crippen molar-refractivity contribution < 1.29 is 0 Å². The van der Waals surface area contributed by atoms with Crippen molar-refractivity contribution in [1.82, 2.24) is 14.4 Å². The van der Waals surface area contributed by atoms with Crippen molar-refractivity contribution in [2.75, 3.05) is 0 Å². The molecule has 0 fully saturated rings. The molecule has 0 amide bonds. The van der Waals surface area contributed by atoms with Crippen LogP contribution in [0.4, 0.5) is 0 Å². The molecule has 1 aromatic carbocycles. The molecule has 0 saturated carbocycles. The standard InChI is InChI=1S/C14H9N3S/c1-2-5-12-10(4-1)15-14-16-11(7-8-17(12)14)13-6-3-9-18-13/h1-9H. The minimum atomic E-state index is 0.752. The molecule has 4 aromatic rings. The Balaban J connectivity index is 2.04. The summed E-state index contributed by atoms with van der Waals surface area (Å²) in [5, 5.41) is 2.06. The van der Waals surface area contributed by atoms with Gasteiger partial charge in [0.1, 0.15) is 0 Å². The molecule has 0 aliphatic rings. The summed E-state index contributed by atoms with van der Waals surface area (Å²) in [7, 11) is 0. The predicted octanol–water partition coefficient (Wildman–Crippen LogP) is 3.61. The lowest BCUT2D eigenvalue weighted by Gasteiger charge is -1.98. The summed E-state index contributed by atoms with van der Waals surface area (Å²) >= 11 is 1.69. The fraction of sp³-hybridized carbons (Fsp3) is 0. The summed E-state index contributed by atoms with van der Waals surface area (Å²) in [6, 6.07) is 14.2. The first kappa shape index (κ1) is 9.79. The Kier molecular flexibility index (Phi) is 1.98. The zero-order chi connectivity index (χ0) is 11.9. The Morgan fingerprint density at radius 2 is 1.89 bits per heavy atom. The lowest BCUT2D eigenvalue weighted by Crippen LogP contribution is -1.89. The third-order valence-corrected chi connectivity index (χ3v) is 3.85. The van der Waals surface area contributed by atoms with E-state index in [9.17, 15) is 0 Å². The highest BCUT2D eigenvalue weighted by atomic mass is 32.1. The Labute approximate surface area is 107 Å². The molecule has 0 unspecified atom stereocenters. The Bertz CT molecular complexity index is 831. The summed E-state index contributed by atoms with van der Waals surface area (Å²) in [6.07, 6.45) is 2.03. The molecule has 4 heteroatoms. The monoisotopic (exact) mass is 251 g/mol. The number of para-hydroxylation sites is 2. The molecule has 0 aliphatic heterocycles. The highest BCUT2D eigenvalue weighted by Gasteiger charge is 2.07. The number of hydrogen-bond donors (Lipinski definition) is 0. The number of hydrogen-bond acceptors (Lipinski definition) is 3. The molecule has 0 spiro atoms. The molecule has 3 aromatic heterocycles. The minimum Gasteiger partial charge on any atom is -0.284 e. The quantitative estimate of drug-likeness (QED) is 0.517. The lowest BCUT2D eigenvalue weighted by atomic mass is 10.3. The summed E-state index contributed by atoms with van der Waals surface area (Å²) in [6.45, 7) is 0. The first-order chi connectivity index (χ1) is 8.92. The van der Waals surface area contributed by atoms with Crippen LogP contribution in [0.3, 0.4) is 0 Å². The lowest BCUT2D eigenvalue weighted by molar-refractivity contribution is 1.14. The highest BCUT2D eigenvalue weighted by Crippen LogP contribution is 2.24. The van der Waals surface area contributed by atoms with Gasteiger partial charge in [0.25, 0.3) is 0 Å². The minimum absolute atomic E-state index is 0.752. The molecule has 86 valence electrons. The van der Waals surface area contributed by atoms with E-state index in [4.69, 9.17) is 0 Å². The van der Waals surface area contributed by atoms with Crippen LogP contribution in [0.15, 0.2) is 54.0 Å². The van der Waals surface area contributed by atoms with Crippen molar-refractivity contribution >= 4 is 28.1 Å². The Morgan fingerprint density at radius 3 is 2.78 bits per heavy atom. The van der Waals surface area contributed by atoms with Gasteiger partial charge in [0.2, 0.25) is 5.78 Å². The average molecular weight is 251 g/mol. The predicted molar refractivity (Wildman–Crippen MR) is 73.8 cm³/mol. The van der Waals surface area contributed by atoms with E-state index in [-0.39, 0.29) is 0 Å². The van der Waals surface area contributed by atoms with Gasteiger partial charge in [-0.25, -0.2) is 9.97 Å². The van der Waals surface area contributed by atoms with Gasteiger partial charge < -0.3 is 0 Å². The number of benzene rings is 1. The SMILES string of the molecule is c1csc(-c2ccn3c(n2)nc2ccccc23)c1. The fourth-order valence-corrected chi connectivity index (χ4v) is 2.80. The van der Waals surface area contributed by atoms with Crippen molar-refractivity contribution in [3.8, 4) is 10.6 Å². The van der Waals surface area contributed by atoms with Gasteiger partial charge in [-0.1, -0.05) is 18.2 Å². The fourth-order valence-electron chi connectivity index (χ4n) is 2.11. The van der Waals surface area contributed by atoms with Gasteiger partial charge >= 0.3 is 0 Å². The van der Waals surface area contributed by atoms with E-state index in [1.165, 1.54) is 4.88 Å². The van der Waals surface area contributed by atoms with Crippen molar-refractivity contribution in [2.45, 2.75) is 0 Å². The molecule has 18 heavy (non-hydrogen) atoms. The van der Waals surface area contributed by atoms with Crippen LogP contribution in [-0.4, -0.2) is 14.4 Å². The van der Waals surface area contributed by atoms with Gasteiger partial charge in [-0.05, 0) is 29.6 Å². The van der Waals surface area contributed by atoms with Crippen LogP contribution in [0, 0.1) is 0 Å². The second kappa shape index (κ2) is 3.65. The van der Waals surface area contributed by atoms with Crippen LogP contribution in [0.1, 0.15) is 0 Å². The highest BCUT2D eigenvalue weighted by molar-refractivity contribution is 7.13. The van der Waals surface area contributed by atoms with Crippen LogP contribution in [0.5, 0.6) is 0 Å². The van der Waals surface area contributed by atoms with Crippen molar-refractivity contribution in [1.29, 1.82) is 0 Å². The van der Waals surface area contributed by atoms with Gasteiger partial charge in [0, 0.05) is 6.20 Å². The first-order valence-corrected chi connectivity index (χ1v) is 6.57. The molecule has 3 heterocycles. The molecular weight excluding hydrogens is 242 g/mol. The van der Waals surface area contributed by atoms with E-state index < -0.39 is 0 Å². The summed E-state index contributed by atoms with van der Waals surface area (Å²) in [5.41, 5.74) is 3.05. The number of thiophene rings is 1. The van der Waals surface area contributed by atoms with E-state index >= 15 is 0 Å². The molecular formula is C14H9N3S. The van der Waals surface area contributed by atoms with Crippen LogP contribution >= 0.6 is 11.3 Å². The third-order valence-electron chi connectivity index (χ3n) is 2.95. The maximum atomic E-state index is 4.62. The number of aromatic nitrogens is 3. The second-order valence-electron chi connectivity index (χ2n) is 4.06. The molecule has 0 bridgehead atoms. The zero-order valence-corrected chi connectivity index (χ0v) is 10.3. The van der Waals surface area contributed by atoms with Gasteiger partial charge in [-0.2, -0.15) is 0 Å². The zero-order valence-electron chi connectivity index (χ0n) is 9.45. The van der Waals surface area contributed by atoms with Crippen LogP contribution in [-0.2, 0) is 0 Å². The van der Waals surface area contributed by atoms with Crippen LogP contribution < -0.4 is 0 Å². The summed E-state index contributed by atoms with van der Waals surface area (Å²) < 4.78 is 2.02. The van der Waals surface area contributed by atoms with E-state index in [1.54, 1.807) is 11.3 Å². The smallest absolute Gasteiger partial charge is 0.235 e. The first-order valence-electron chi connectivity index (χ1n) is 5.69.